The van der Waals surface area contributed by atoms with Crippen LogP contribution in [0.3, 0.4) is 0 Å². The van der Waals surface area contributed by atoms with Gasteiger partial charge in [0.25, 0.3) is 0 Å². The molecule has 1 atom stereocenters. The molecule has 1 fully saturated rings. The van der Waals surface area contributed by atoms with E-state index in [1.165, 1.54) is 0 Å². The van der Waals surface area contributed by atoms with Crippen molar-refractivity contribution >= 4 is 33.0 Å². The van der Waals surface area contributed by atoms with Crippen LogP contribution in [0.5, 0.6) is 0 Å². The fraction of sp³-hybridized carbons (Fsp3) is 0.455. The van der Waals surface area contributed by atoms with Gasteiger partial charge in [0.15, 0.2) is 9.84 Å². The second kappa shape index (κ2) is 4.21. The second-order valence-electron chi connectivity index (χ2n) is 4.20. The van der Waals surface area contributed by atoms with Crippen molar-refractivity contribution < 1.29 is 8.42 Å². The van der Waals surface area contributed by atoms with Crippen LogP contribution in [0.2, 0.25) is 0 Å². The van der Waals surface area contributed by atoms with Crippen molar-refractivity contribution in [2.24, 2.45) is 5.92 Å². The first-order valence-electron chi connectivity index (χ1n) is 5.01. The minimum atomic E-state index is -3.11. The largest absolute Gasteiger partial charge is 0.228 e. The molecule has 0 heterocycles. The Balaban J connectivity index is 1.99. The molecule has 0 saturated heterocycles. The van der Waals surface area contributed by atoms with Crippen molar-refractivity contribution in [3.05, 3.63) is 35.9 Å². The molecule has 0 aliphatic heterocycles. The van der Waals surface area contributed by atoms with Crippen LogP contribution < -0.4 is 0 Å². The first-order chi connectivity index (χ1) is 7.39. The van der Waals surface area contributed by atoms with Gasteiger partial charge in [0.1, 0.15) is 4.33 Å². The zero-order valence-electron chi connectivity index (χ0n) is 8.57. The average Bonchev–Trinajstić information content (AvgIpc) is 2.72. The minimum Gasteiger partial charge on any atom is -0.228 e. The Morgan fingerprint density at radius 3 is 2.31 bits per heavy atom. The van der Waals surface area contributed by atoms with E-state index in [9.17, 15) is 8.42 Å². The lowest BCUT2D eigenvalue weighted by Gasteiger charge is -2.04. The van der Waals surface area contributed by atoms with Crippen molar-refractivity contribution in [1.29, 1.82) is 0 Å². The molecule has 0 N–H and O–H groups in total. The third-order valence-corrected chi connectivity index (χ3v) is 5.25. The van der Waals surface area contributed by atoms with Crippen molar-refractivity contribution in [3.8, 4) is 0 Å². The van der Waals surface area contributed by atoms with Crippen LogP contribution in [-0.2, 0) is 15.6 Å². The third kappa shape index (κ3) is 3.12. The van der Waals surface area contributed by atoms with E-state index in [1.54, 1.807) is 12.1 Å². The number of hydrogen-bond acceptors (Lipinski definition) is 2. The van der Waals surface area contributed by atoms with Gasteiger partial charge in [-0.1, -0.05) is 30.3 Å². The van der Waals surface area contributed by atoms with Crippen molar-refractivity contribution in [2.45, 2.75) is 16.5 Å². The van der Waals surface area contributed by atoms with Gasteiger partial charge in [-0.15, -0.1) is 23.2 Å². The zero-order chi connectivity index (χ0) is 11.8. The monoisotopic (exact) mass is 278 g/mol. The van der Waals surface area contributed by atoms with E-state index in [-0.39, 0.29) is 17.4 Å². The smallest absolute Gasteiger partial charge is 0.154 e. The molecule has 1 aliphatic carbocycles. The van der Waals surface area contributed by atoms with Crippen LogP contribution in [0.15, 0.2) is 30.3 Å². The lowest BCUT2D eigenvalue weighted by molar-refractivity contribution is 0.591. The Bertz CT molecular complexity index is 468. The summed E-state index contributed by atoms with van der Waals surface area (Å²) in [7, 11) is -3.11. The fourth-order valence-electron chi connectivity index (χ4n) is 1.64. The Morgan fingerprint density at radius 2 is 1.81 bits per heavy atom. The van der Waals surface area contributed by atoms with Crippen molar-refractivity contribution in [2.75, 3.05) is 5.75 Å². The van der Waals surface area contributed by atoms with Gasteiger partial charge >= 0.3 is 0 Å². The summed E-state index contributed by atoms with van der Waals surface area (Å²) in [5.74, 6) is 0.0351. The van der Waals surface area contributed by atoms with E-state index >= 15 is 0 Å². The zero-order valence-corrected chi connectivity index (χ0v) is 10.9. The molecule has 1 aliphatic rings. The van der Waals surface area contributed by atoms with Gasteiger partial charge in [-0.05, 0) is 12.0 Å². The molecule has 0 bridgehead atoms. The summed E-state index contributed by atoms with van der Waals surface area (Å²) in [6.45, 7) is 0. The molecule has 16 heavy (non-hydrogen) atoms. The van der Waals surface area contributed by atoms with E-state index in [2.05, 4.69) is 0 Å². The van der Waals surface area contributed by atoms with Gasteiger partial charge in [-0.25, -0.2) is 8.42 Å². The third-order valence-electron chi connectivity index (χ3n) is 2.64. The van der Waals surface area contributed by atoms with Gasteiger partial charge < -0.3 is 0 Å². The Labute approximate surface area is 105 Å². The highest BCUT2D eigenvalue weighted by atomic mass is 35.5. The van der Waals surface area contributed by atoms with E-state index < -0.39 is 14.2 Å². The normalized spacial score (nSPS) is 23.0. The Hall–Kier alpha value is -0.250. The first-order valence-corrected chi connectivity index (χ1v) is 7.59. The summed E-state index contributed by atoms with van der Waals surface area (Å²) in [6, 6.07) is 9.13. The van der Waals surface area contributed by atoms with Gasteiger partial charge in [-0.2, -0.15) is 0 Å². The molecule has 88 valence electrons. The van der Waals surface area contributed by atoms with Crippen molar-refractivity contribution in [1.82, 2.24) is 0 Å². The highest BCUT2D eigenvalue weighted by Gasteiger charge is 2.53. The molecule has 1 aromatic rings. The maximum absolute atomic E-state index is 11.8. The van der Waals surface area contributed by atoms with E-state index in [0.717, 1.165) is 5.56 Å². The van der Waals surface area contributed by atoms with Gasteiger partial charge in [0.05, 0.1) is 11.5 Å². The predicted octanol–water partition coefficient (Wildman–Crippen LogP) is 2.80. The molecule has 2 rings (SSSR count). The van der Waals surface area contributed by atoms with E-state index in [1.807, 2.05) is 18.2 Å². The highest BCUT2D eigenvalue weighted by Crippen LogP contribution is 2.53. The molecule has 0 spiro atoms. The number of halogens is 2. The molecule has 0 radical (unpaired) electrons. The molecule has 2 nitrogen and oxygen atoms in total. The standard InChI is InChI=1S/C11H12Cl2O2S/c12-11(13)6-10(11)8-16(14,15)7-9-4-2-1-3-5-9/h1-5,10H,6-8H2. The summed E-state index contributed by atoms with van der Waals surface area (Å²) in [4.78, 5) is 0. The molecule has 1 saturated carbocycles. The maximum Gasteiger partial charge on any atom is 0.154 e. The molecule has 0 amide bonds. The van der Waals surface area contributed by atoms with E-state index in [4.69, 9.17) is 23.2 Å². The summed E-state index contributed by atoms with van der Waals surface area (Å²) in [5.41, 5.74) is 0.804. The van der Waals surface area contributed by atoms with Crippen LogP contribution in [-0.4, -0.2) is 18.5 Å². The maximum atomic E-state index is 11.8. The van der Waals surface area contributed by atoms with Crippen molar-refractivity contribution in [3.63, 3.8) is 0 Å². The van der Waals surface area contributed by atoms with Gasteiger partial charge in [-0.3, -0.25) is 0 Å². The number of alkyl halides is 2. The quantitative estimate of drug-likeness (QED) is 0.794. The minimum absolute atomic E-state index is 0.0637. The van der Waals surface area contributed by atoms with Crippen LogP contribution in [0, 0.1) is 5.92 Å². The number of benzene rings is 1. The fourth-order valence-corrected chi connectivity index (χ4v) is 4.19. The average molecular weight is 279 g/mol. The van der Waals surface area contributed by atoms with Crippen LogP contribution in [0.1, 0.15) is 12.0 Å². The van der Waals surface area contributed by atoms with Crippen LogP contribution in [0.25, 0.3) is 0 Å². The second-order valence-corrected chi connectivity index (χ2v) is 7.85. The summed E-state index contributed by atoms with van der Waals surface area (Å²) in [5, 5.41) is 0. The highest BCUT2D eigenvalue weighted by molar-refractivity contribution is 7.90. The Morgan fingerprint density at radius 1 is 1.25 bits per heavy atom. The summed E-state index contributed by atoms with van der Waals surface area (Å²) >= 11 is 11.6. The molecule has 0 aromatic heterocycles. The number of rotatable bonds is 4. The lowest BCUT2D eigenvalue weighted by atomic mass is 10.2. The Kier molecular flexibility index (Phi) is 3.21. The predicted molar refractivity (Wildman–Crippen MR) is 66.5 cm³/mol. The summed E-state index contributed by atoms with van der Waals surface area (Å²) in [6.07, 6.45) is 0.574. The molecule has 5 heteroatoms. The molecule has 1 unspecified atom stereocenters. The topological polar surface area (TPSA) is 34.1 Å². The lowest BCUT2D eigenvalue weighted by Crippen LogP contribution is -2.13. The SMILES string of the molecule is O=S(=O)(Cc1ccccc1)CC1CC1(Cl)Cl. The van der Waals surface area contributed by atoms with Crippen LogP contribution >= 0.6 is 23.2 Å². The molecular weight excluding hydrogens is 267 g/mol. The van der Waals surface area contributed by atoms with Gasteiger partial charge in [0, 0.05) is 5.92 Å². The molecule has 1 aromatic carbocycles. The number of hydrogen-bond donors (Lipinski definition) is 0. The van der Waals surface area contributed by atoms with E-state index in [0.29, 0.717) is 6.42 Å². The number of sulfone groups is 1. The first kappa shape index (κ1) is 12.2. The van der Waals surface area contributed by atoms with Crippen LogP contribution in [0.4, 0.5) is 0 Å². The van der Waals surface area contributed by atoms with Gasteiger partial charge in [0.2, 0.25) is 0 Å². The summed E-state index contributed by atoms with van der Waals surface area (Å²) < 4.78 is 22.8. The molecular formula is C11H12Cl2O2S.